The Morgan fingerprint density at radius 3 is 2.50 bits per heavy atom. The number of fused-ring (bicyclic) bond motifs is 1. The number of likely N-dealkylation sites (tertiary alicyclic amines) is 1. The molecule has 1 fully saturated rings. The van der Waals surface area contributed by atoms with E-state index in [1.54, 1.807) is 0 Å². The number of carboxylic acid groups (broad SMARTS) is 1. The molecule has 0 saturated carbocycles. The number of benzene rings is 2. The van der Waals surface area contributed by atoms with Crippen molar-refractivity contribution in [1.29, 1.82) is 0 Å². The Balaban J connectivity index is 1.50. The maximum Gasteiger partial charge on any atom is 0.416 e. The molecule has 1 saturated heterocycles. The standard InChI is InChI=1S/C24H26F3N3O2/c1-29-21-5-3-2-4-20(21)28-22(29)12-18-15-30(11-10-17(18)13-23(31)32)14-16-6-8-19(9-7-16)24(25,26)27/h2-9,17-18H,10-15H2,1H3,(H,31,32). The molecule has 0 bridgehead atoms. The number of para-hydroxylation sites is 2. The molecule has 2 atom stereocenters. The van der Waals surface area contributed by atoms with Crippen LogP contribution in [0.4, 0.5) is 13.2 Å². The van der Waals surface area contributed by atoms with Gasteiger partial charge in [0.15, 0.2) is 0 Å². The van der Waals surface area contributed by atoms with Gasteiger partial charge < -0.3 is 9.67 Å². The van der Waals surface area contributed by atoms with Gasteiger partial charge in [0.05, 0.1) is 16.6 Å². The summed E-state index contributed by atoms with van der Waals surface area (Å²) in [7, 11) is 1.97. The predicted octanol–water partition coefficient (Wildman–Crippen LogP) is 4.75. The number of carbonyl (C=O) groups is 1. The number of aliphatic carboxylic acids is 1. The van der Waals surface area contributed by atoms with E-state index in [0.29, 0.717) is 19.5 Å². The maximum absolute atomic E-state index is 12.8. The Morgan fingerprint density at radius 1 is 1.12 bits per heavy atom. The molecule has 170 valence electrons. The van der Waals surface area contributed by atoms with E-state index >= 15 is 0 Å². The van der Waals surface area contributed by atoms with Gasteiger partial charge in [-0.05, 0) is 54.6 Å². The van der Waals surface area contributed by atoms with Crippen molar-refractivity contribution in [3.05, 3.63) is 65.5 Å². The number of hydrogen-bond donors (Lipinski definition) is 1. The molecule has 2 unspecified atom stereocenters. The lowest BCUT2D eigenvalue weighted by atomic mass is 9.81. The van der Waals surface area contributed by atoms with Gasteiger partial charge in [-0.25, -0.2) is 4.98 Å². The topological polar surface area (TPSA) is 58.4 Å². The van der Waals surface area contributed by atoms with Crippen molar-refractivity contribution in [1.82, 2.24) is 14.5 Å². The Bertz CT molecular complexity index is 1090. The van der Waals surface area contributed by atoms with Gasteiger partial charge >= 0.3 is 12.1 Å². The summed E-state index contributed by atoms with van der Waals surface area (Å²) in [5, 5.41) is 9.39. The first-order valence-corrected chi connectivity index (χ1v) is 10.7. The number of halogens is 3. The van der Waals surface area contributed by atoms with E-state index in [4.69, 9.17) is 4.98 Å². The summed E-state index contributed by atoms with van der Waals surface area (Å²) in [6.07, 6.45) is -2.83. The van der Waals surface area contributed by atoms with Gasteiger partial charge in [-0.2, -0.15) is 13.2 Å². The summed E-state index contributed by atoms with van der Waals surface area (Å²) in [6, 6.07) is 13.2. The minimum Gasteiger partial charge on any atom is -0.481 e. The van der Waals surface area contributed by atoms with Crippen LogP contribution in [0.2, 0.25) is 0 Å². The van der Waals surface area contributed by atoms with Crippen LogP contribution in [-0.4, -0.2) is 38.6 Å². The molecule has 2 heterocycles. The molecule has 1 N–H and O–H groups in total. The highest BCUT2D eigenvalue weighted by atomic mass is 19.4. The molecule has 2 aromatic carbocycles. The number of nitrogens with zero attached hydrogens (tertiary/aromatic N) is 3. The number of carboxylic acids is 1. The summed E-state index contributed by atoms with van der Waals surface area (Å²) in [4.78, 5) is 18.4. The smallest absolute Gasteiger partial charge is 0.416 e. The number of hydrogen-bond acceptors (Lipinski definition) is 3. The summed E-state index contributed by atoms with van der Waals surface area (Å²) in [5.74, 6) is 0.255. The highest BCUT2D eigenvalue weighted by Crippen LogP contribution is 2.32. The summed E-state index contributed by atoms with van der Waals surface area (Å²) < 4.78 is 40.5. The number of piperidine rings is 1. The van der Waals surface area contributed by atoms with E-state index in [0.717, 1.165) is 47.5 Å². The van der Waals surface area contributed by atoms with Gasteiger partial charge in [0.2, 0.25) is 0 Å². The molecule has 5 nitrogen and oxygen atoms in total. The summed E-state index contributed by atoms with van der Waals surface area (Å²) in [5.41, 5.74) is 2.12. The first-order valence-electron chi connectivity index (χ1n) is 10.7. The van der Waals surface area contributed by atoms with Gasteiger partial charge in [0, 0.05) is 33.0 Å². The number of rotatable bonds is 6. The minimum absolute atomic E-state index is 0.0381. The van der Waals surface area contributed by atoms with Crippen molar-refractivity contribution in [2.24, 2.45) is 18.9 Å². The Hall–Kier alpha value is -2.87. The van der Waals surface area contributed by atoms with Gasteiger partial charge in [-0.3, -0.25) is 9.69 Å². The van der Waals surface area contributed by atoms with Gasteiger partial charge in [-0.15, -0.1) is 0 Å². The lowest BCUT2D eigenvalue weighted by Gasteiger charge is -2.38. The first kappa shape index (κ1) is 22.3. The van der Waals surface area contributed by atoms with Crippen LogP contribution in [0, 0.1) is 11.8 Å². The molecular weight excluding hydrogens is 419 g/mol. The Kier molecular flexibility index (Phi) is 6.24. The Morgan fingerprint density at radius 2 is 1.84 bits per heavy atom. The fraction of sp³-hybridized carbons (Fsp3) is 0.417. The zero-order valence-electron chi connectivity index (χ0n) is 17.8. The molecule has 4 rings (SSSR count). The molecule has 8 heteroatoms. The van der Waals surface area contributed by atoms with Crippen molar-refractivity contribution in [3.8, 4) is 0 Å². The van der Waals surface area contributed by atoms with E-state index < -0.39 is 17.7 Å². The van der Waals surface area contributed by atoms with Crippen molar-refractivity contribution in [2.75, 3.05) is 13.1 Å². The van der Waals surface area contributed by atoms with Crippen LogP contribution in [0.15, 0.2) is 48.5 Å². The number of imidazole rings is 1. The molecule has 1 aliphatic rings. The lowest BCUT2D eigenvalue weighted by molar-refractivity contribution is -0.139. The molecule has 0 spiro atoms. The quantitative estimate of drug-likeness (QED) is 0.595. The zero-order chi connectivity index (χ0) is 22.9. The van der Waals surface area contributed by atoms with Crippen LogP contribution in [0.3, 0.4) is 0 Å². The van der Waals surface area contributed by atoms with Crippen LogP contribution < -0.4 is 0 Å². The second-order valence-corrected chi connectivity index (χ2v) is 8.62. The third-order valence-corrected chi connectivity index (χ3v) is 6.42. The van der Waals surface area contributed by atoms with Crippen LogP contribution in [0.5, 0.6) is 0 Å². The summed E-state index contributed by atoms with van der Waals surface area (Å²) >= 11 is 0. The van der Waals surface area contributed by atoms with Crippen LogP contribution >= 0.6 is 0 Å². The van der Waals surface area contributed by atoms with E-state index in [2.05, 4.69) is 9.47 Å². The van der Waals surface area contributed by atoms with Gasteiger partial charge in [0.1, 0.15) is 5.82 Å². The number of aryl methyl sites for hydroxylation is 1. The van der Waals surface area contributed by atoms with Crippen molar-refractivity contribution >= 4 is 17.0 Å². The zero-order valence-corrected chi connectivity index (χ0v) is 17.8. The summed E-state index contributed by atoms with van der Waals surface area (Å²) in [6.45, 7) is 1.94. The molecule has 0 radical (unpaired) electrons. The maximum atomic E-state index is 12.8. The molecular formula is C24H26F3N3O2. The lowest BCUT2D eigenvalue weighted by Crippen LogP contribution is -2.42. The minimum atomic E-state index is -4.34. The molecule has 32 heavy (non-hydrogen) atoms. The normalized spacial score (nSPS) is 20.0. The Labute approximate surface area is 184 Å². The van der Waals surface area contributed by atoms with Crippen LogP contribution in [0.1, 0.15) is 29.8 Å². The fourth-order valence-corrected chi connectivity index (χ4v) is 4.69. The van der Waals surface area contributed by atoms with Gasteiger partial charge in [0.25, 0.3) is 0 Å². The molecule has 1 aromatic heterocycles. The van der Waals surface area contributed by atoms with E-state index in [-0.39, 0.29) is 18.3 Å². The second-order valence-electron chi connectivity index (χ2n) is 8.62. The monoisotopic (exact) mass is 445 g/mol. The second kappa shape index (κ2) is 8.94. The van der Waals surface area contributed by atoms with Crippen molar-refractivity contribution in [2.45, 2.75) is 32.0 Å². The van der Waals surface area contributed by atoms with Gasteiger partial charge in [-0.1, -0.05) is 24.3 Å². The molecule has 0 amide bonds. The molecule has 3 aromatic rings. The highest BCUT2D eigenvalue weighted by Gasteiger charge is 2.33. The van der Waals surface area contributed by atoms with E-state index in [1.807, 2.05) is 31.3 Å². The van der Waals surface area contributed by atoms with Crippen LogP contribution in [-0.2, 0) is 31.0 Å². The number of alkyl halides is 3. The number of aromatic nitrogens is 2. The average molecular weight is 445 g/mol. The largest absolute Gasteiger partial charge is 0.481 e. The molecule has 0 aliphatic carbocycles. The van der Waals surface area contributed by atoms with Crippen LogP contribution in [0.25, 0.3) is 11.0 Å². The third kappa shape index (κ3) is 4.96. The highest BCUT2D eigenvalue weighted by molar-refractivity contribution is 5.75. The van der Waals surface area contributed by atoms with E-state index in [9.17, 15) is 23.1 Å². The fourth-order valence-electron chi connectivity index (χ4n) is 4.69. The van der Waals surface area contributed by atoms with Crippen molar-refractivity contribution in [3.63, 3.8) is 0 Å². The SMILES string of the molecule is Cn1c(CC2CN(Cc3ccc(C(F)(F)F)cc3)CCC2CC(=O)O)nc2ccccc21. The first-order chi connectivity index (χ1) is 15.2. The van der Waals surface area contributed by atoms with Crippen molar-refractivity contribution < 1.29 is 23.1 Å². The third-order valence-electron chi connectivity index (χ3n) is 6.42. The van der Waals surface area contributed by atoms with E-state index in [1.165, 1.54) is 12.1 Å². The predicted molar refractivity (Wildman–Crippen MR) is 115 cm³/mol. The molecule has 1 aliphatic heterocycles. The average Bonchev–Trinajstić information content (AvgIpc) is 3.05.